The molecule has 0 bridgehead atoms. The number of hydrogen-bond acceptors (Lipinski definition) is 5. The largest absolute Gasteiger partial charge is 0.480 e. The van der Waals surface area contributed by atoms with Crippen molar-refractivity contribution in [3.8, 4) is 0 Å². The van der Waals surface area contributed by atoms with Gasteiger partial charge in [0.2, 0.25) is 0 Å². The number of carbonyl (C=O) groups excluding carboxylic acids is 1. The minimum absolute atomic E-state index is 0.167. The van der Waals surface area contributed by atoms with Crippen LogP contribution in [0.2, 0.25) is 0 Å². The average Bonchev–Trinajstić information content (AvgIpc) is 2.85. The Morgan fingerprint density at radius 3 is 2.52 bits per heavy atom. The number of carboxylic acids is 1. The van der Waals surface area contributed by atoms with Crippen LogP contribution in [0.1, 0.15) is 33.6 Å². The second-order valence-electron chi connectivity index (χ2n) is 5.20. The lowest BCUT2D eigenvalue weighted by Crippen LogP contribution is -2.53. The van der Waals surface area contributed by atoms with Crippen LogP contribution in [0, 0.1) is 5.92 Å². The monoisotopic (exact) mass is 322 g/mol. The zero-order chi connectivity index (χ0) is 16.2. The van der Waals surface area contributed by atoms with E-state index in [1.165, 1.54) is 0 Å². The van der Waals surface area contributed by atoms with Crippen LogP contribution in [0.5, 0.6) is 0 Å². The Bertz CT molecular complexity index is 490. The first-order valence-corrected chi connectivity index (χ1v) is 8.33. The van der Waals surface area contributed by atoms with Crippen molar-refractivity contribution in [1.29, 1.82) is 0 Å². The molecule has 8 nitrogen and oxygen atoms in total. The molecule has 1 fully saturated rings. The van der Waals surface area contributed by atoms with Crippen molar-refractivity contribution in [2.75, 3.05) is 13.2 Å². The molecular formula is C12H22N2O6S. The third kappa shape index (κ3) is 4.39. The van der Waals surface area contributed by atoms with Gasteiger partial charge in [-0.15, -0.1) is 0 Å². The third-order valence-electron chi connectivity index (χ3n) is 3.28. The van der Waals surface area contributed by atoms with Crippen molar-refractivity contribution < 1.29 is 27.9 Å². The van der Waals surface area contributed by atoms with Gasteiger partial charge >= 0.3 is 11.9 Å². The van der Waals surface area contributed by atoms with Gasteiger partial charge < -0.3 is 9.84 Å². The van der Waals surface area contributed by atoms with Crippen molar-refractivity contribution in [3.63, 3.8) is 0 Å². The van der Waals surface area contributed by atoms with Crippen LogP contribution < -0.4 is 4.72 Å². The summed E-state index contributed by atoms with van der Waals surface area (Å²) >= 11 is 0. The minimum Gasteiger partial charge on any atom is -0.480 e. The van der Waals surface area contributed by atoms with Gasteiger partial charge in [-0.1, -0.05) is 13.8 Å². The van der Waals surface area contributed by atoms with Gasteiger partial charge in [0.15, 0.2) is 0 Å². The van der Waals surface area contributed by atoms with Crippen LogP contribution in [0.25, 0.3) is 0 Å². The van der Waals surface area contributed by atoms with Crippen molar-refractivity contribution in [2.45, 2.75) is 45.7 Å². The lowest BCUT2D eigenvalue weighted by atomic mass is 10.1. The van der Waals surface area contributed by atoms with E-state index in [1.54, 1.807) is 20.8 Å². The molecule has 2 atom stereocenters. The van der Waals surface area contributed by atoms with Crippen molar-refractivity contribution in [3.05, 3.63) is 0 Å². The maximum Gasteiger partial charge on any atom is 0.324 e. The predicted octanol–water partition coefficient (Wildman–Crippen LogP) is -0.0425. The fourth-order valence-corrected chi connectivity index (χ4v) is 3.93. The van der Waals surface area contributed by atoms with Crippen molar-refractivity contribution >= 4 is 22.1 Å². The van der Waals surface area contributed by atoms with Gasteiger partial charge in [-0.3, -0.25) is 9.59 Å². The smallest absolute Gasteiger partial charge is 0.324 e. The molecule has 0 saturated carbocycles. The van der Waals surface area contributed by atoms with E-state index in [1.807, 2.05) is 0 Å². The fraction of sp³-hybridized carbons (Fsp3) is 0.833. The lowest BCUT2D eigenvalue weighted by Gasteiger charge is -2.26. The Morgan fingerprint density at radius 2 is 2.05 bits per heavy atom. The molecule has 0 aromatic heterocycles. The Labute approximate surface area is 124 Å². The molecule has 1 aliphatic heterocycles. The number of hydrogen-bond donors (Lipinski definition) is 2. The summed E-state index contributed by atoms with van der Waals surface area (Å²) in [6.07, 6.45) is 0.906. The molecule has 1 rings (SSSR count). The second-order valence-corrected chi connectivity index (χ2v) is 6.86. The number of nitrogens with one attached hydrogen (secondary N) is 1. The molecule has 0 amide bonds. The van der Waals surface area contributed by atoms with E-state index in [0.29, 0.717) is 12.8 Å². The van der Waals surface area contributed by atoms with Crippen LogP contribution >= 0.6 is 0 Å². The molecule has 1 saturated heterocycles. The molecule has 0 spiro atoms. The van der Waals surface area contributed by atoms with Gasteiger partial charge in [0.1, 0.15) is 12.1 Å². The Kier molecular flexibility index (Phi) is 6.11. The Balaban J connectivity index is 2.90. The minimum atomic E-state index is -4.06. The number of esters is 1. The van der Waals surface area contributed by atoms with Crippen LogP contribution in [-0.4, -0.2) is 55.0 Å². The number of aliphatic carboxylic acids is 1. The molecule has 1 aliphatic rings. The lowest BCUT2D eigenvalue weighted by molar-refractivity contribution is -0.146. The average molecular weight is 322 g/mol. The van der Waals surface area contributed by atoms with Crippen LogP contribution in [-0.2, 0) is 24.5 Å². The molecule has 0 radical (unpaired) electrons. The summed E-state index contributed by atoms with van der Waals surface area (Å²) < 4.78 is 32.6. The van der Waals surface area contributed by atoms with E-state index in [0.717, 1.165) is 4.31 Å². The molecule has 2 unspecified atom stereocenters. The number of ether oxygens (including phenoxy) is 1. The topological polar surface area (TPSA) is 113 Å². The first-order valence-electron chi connectivity index (χ1n) is 6.89. The van der Waals surface area contributed by atoms with Crippen LogP contribution in [0.15, 0.2) is 0 Å². The summed E-state index contributed by atoms with van der Waals surface area (Å²) in [5, 5.41) is 9.07. The predicted molar refractivity (Wildman–Crippen MR) is 74.7 cm³/mol. The summed E-state index contributed by atoms with van der Waals surface area (Å²) in [5.41, 5.74) is 0. The third-order valence-corrected chi connectivity index (χ3v) is 4.89. The first kappa shape index (κ1) is 17.9. The molecule has 1 heterocycles. The van der Waals surface area contributed by atoms with E-state index in [9.17, 15) is 18.0 Å². The molecule has 9 heteroatoms. The molecule has 122 valence electrons. The summed E-state index contributed by atoms with van der Waals surface area (Å²) in [6.45, 7) is 5.19. The maximum absolute atomic E-state index is 12.3. The highest BCUT2D eigenvalue weighted by Gasteiger charge is 2.41. The number of nitrogens with zero attached hydrogens (tertiary/aromatic N) is 1. The van der Waals surface area contributed by atoms with Gasteiger partial charge in [0.05, 0.1) is 6.61 Å². The molecule has 2 N–H and O–H groups in total. The zero-order valence-corrected chi connectivity index (χ0v) is 13.2. The number of carboxylic acid groups (broad SMARTS) is 1. The molecule has 0 aromatic rings. The van der Waals surface area contributed by atoms with Gasteiger partial charge in [0, 0.05) is 6.54 Å². The standard InChI is InChI=1S/C12H22N2O6S/c1-4-20-12(17)9-6-5-7-14(9)21(18,19)13-10(8(2)3)11(15)16/h8-10,13H,4-7H2,1-3H3,(H,15,16). The van der Waals surface area contributed by atoms with E-state index < -0.39 is 40.1 Å². The van der Waals surface area contributed by atoms with E-state index in [-0.39, 0.29) is 13.2 Å². The maximum atomic E-state index is 12.3. The van der Waals surface area contributed by atoms with Crippen LogP contribution in [0.3, 0.4) is 0 Å². The SMILES string of the molecule is CCOC(=O)C1CCCN1S(=O)(=O)NC(C(=O)O)C(C)C. The Hall–Kier alpha value is -1.19. The normalized spacial score (nSPS) is 21.4. The molecule has 21 heavy (non-hydrogen) atoms. The molecule has 0 aromatic carbocycles. The van der Waals surface area contributed by atoms with Crippen LogP contribution in [0.4, 0.5) is 0 Å². The molecular weight excluding hydrogens is 300 g/mol. The van der Waals surface area contributed by atoms with E-state index >= 15 is 0 Å². The summed E-state index contributed by atoms with van der Waals surface area (Å²) in [5.74, 6) is -2.27. The van der Waals surface area contributed by atoms with Crippen molar-refractivity contribution in [2.24, 2.45) is 5.92 Å². The zero-order valence-electron chi connectivity index (χ0n) is 12.4. The van der Waals surface area contributed by atoms with E-state index in [4.69, 9.17) is 9.84 Å². The van der Waals surface area contributed by atoms with Gasteiger partial charge in [-0.05, 0) is 25.7 Å². The van der Waals surface area contributed by atoms with Gasteiger partial charge in [0.25, 0.3) is 10.2 Å². The highest BCUT2D eigenvalue weighted by Crippen LogP contribution is 2.22. The van der Waals surface area contributed by atoms with Gasteiger partial charge in [-0.2, -0.15) is 17.4 Å². The summed E-state index contributed by atoms with van der Waals surface area (Å²) in [7, 11) is -4.06. The Morgan fingerprint density at radius 1 is 1.43 bits per heavy atom. The van der Waals surface area contributed by atoms with Gasteiger partial charge in [-0.25, -0.2) is 0 Å². The summed E-state index contributed by atoms with van der Waals surface area (Å²) in [6, 6.07) is -2.12. The first-order chi connectivity index (χ1) is 9.70. The number of rotatable bonds is 7. The summed E-state index contributed by atoms with van der Waals surface area (Å²) in [4.78, 5) is 22.9. The highest BCUT2D eigenvalue weighted by atomic mass is 32.2. The van der Waals surface area contributed by atoms with E-state index in [2.05, 4.69) is 4.72 Å². The van der Waals surface area contributed by atoms with Crippen molar-refractivity contribution in [1.82, 2.24) is 9.03 Å². The fourth-order valence-electron chi connectivity index (χ4n) is 2.20. The molecule has 0 aliphatic carbocycles. The number of carbonyl (C=O) groups is 2. The second kappa shape index (κ2) is 7.19. The highest BCUT2D eigenvalue weighted by molar-refractivity contribution is 7.87. The quantitative estimate of drug-likeness (QED) is 0.636.